The highest BCUT2D eigenvalue weighted by Gasteiger charge is 2.25. The molecule has 0 amide bonds. The molecular weight excluding hydrogens is 416 g/mol. The lowest BCUT2D eigenvalue weighted by atomic mass is 10.0. The van der Waals surface area contributed by atoms with E-state index < -0.39 is 0 Å². The van der Waals surface area contributed by atoms with Gasteiger partial charge in [0, 0.05) is 29.1 Å². The van der Waals surface area contributed by atoms with Gasteiger partial charge in [-0.2, -0.15) is 5.10 Å². The third kappa shape index (κ3) is 3.67. The summed E-state index contributed by atoms with van der Waals surface area (Å²) in [6.07, 6.45) is 6.63. The average molecular weight is 441 g/mol. The lowest BCUT2D eigenvalue weighted by molar-refractivity contribution is 0.410. The van der Waals surface area contributed by atoms with Crippen LogP contribution in [0.3, 0.4) is 0 Å². The molecule has 2 aromatic carbocycles. The number of methoxy groups -OCH3 is 1. The number of anilines is 1. The first kappa shape index (κ1) is 20.6. The van der Waals surface area contributed by atoms with Gasteiger partial charge in [0.1, 0.15) is 24.2 Å². The first-order valence-electron chi connectivity index (χ1n) is 10.5. The summed E-state index contributed by atoms with van der Waals surface area (Å²) in [5.41, 5.74) is 10.9. The average Bonchev–Trinajstić information content (AvgIpc) is 3.46. The van der Waals surface area contributed by atoms with E-state index in [4.69, 9.17) is 15.5 Å². The van der Waals surface area contributed by atoms with Crippen molar-refractivity contribution in [2.45, 2.75) is 26.3 Å². The van der Waals surface area contributed by atoms with Crippen LogP contribution >= 0.6 is 0 Å². The molecule has 0 spiro atoms. The van der Waals surface area contributed by atoms with Crippen molar-refractivity contribution in [2.75, 3.05) is 12.8 Å². The molecule has 3 aromatic heterocycles. The van der Waals surface area contributed by atoms with Crippen molar-refractivity contribution in [1.82, 2.24) is 34.3 Å². The predicted molar refractivity (Wildman–Crippen MR) is 127 cm³/mol. The van der Waals surface area contributed by atoms with Gasteiger partial charge in [0.25, 0.3) is 0 Å². The van der Waals surface area contributed by atoms with Gasteiger partial charge in [0.2, 0.25) is 5.95 Å². The SMILES string of the molecule is COc1ccc(-n2cncn2)c(-c2nc3cc(-c4cnc(N)nc4)ccc3n2C(C)(C)C)c1. The van der Waals surface area contributed by atoms with E-state index >= 15 is 0 Å². The molecule has 0 saturated heterocycles. The van der Waals surface area contributed by atoms with Crippen LogP contribution in [0.25, 0.3) is 39.2 Å². The maximum atomic E-state index is 5.65. The van der Waals surface area contributed by atoms with Gasteiger partial charge in [-0.05, 0) is 56.7 Å². The second kappa shape index (κ2) is 7.70. The minimum absolute atomic E-state index is 0.237. The van der Waals surface area contributed by atoms with E-state index in [1.54, 1.807) is 30.5 Å². The van der Waals surface area contributed by atoms with Gasteiger partial charge in [-0.3, -0.25) is 0 Å². The fraction of sp³-hybridized carbons (Fsp3) is 0.208. The normalized spacial score (nSPS) is 11.8. The number of rotatable bonds is 4. The van der Waals surface area contributed by atoms with E-state index in [1.165, 1.54) is 6.33 Å². The zero-order valence-corrected chi connectivity index (χ0v) is 18.9. The number of aromatic nitrogens is 7. The van der Waals surface area contributed by atoms with Crippen LogP contribution in [0, 0.1) is 0 Å². The summed E-state index contributed by atoms with van der Waals surface area (Å²) in [6.45, 7) is 6.48. The van der Waals surface area contributed by atoms with Crippen LogP contribution < -0.4 is 10.5 Å². The number of hydrogen-bond donors (Lipinski definition) is 1. The number of fused-ring (bicyclic) bond motifs is 1. The Morgan fingerprint density at radius 1 is 0.970 bits per heavy atom. The Hall–Kier alpha value is -4.27. The Morgan fingerprint density at radius 3 is 2.42 bits per heavy atom. The van der Waals surface area contributed by atoms with Crippen molar-refractivity contribution in [3.8, 4) is 34.0 Å². The Labute approximate surface area is 190 Å². The van der Waals surface area contributed by atoms with Crippen LogP contribution in [0.1, 0.15) is 20.8 Å². The minimum atomic E-state index is -0.237. The smallest absolute Gasteiger partial charge is 0.219 e. The molecule has 0 radical (unpaired) electrons. The monoisotopic (exact) mass is 440 g/mol. The van der Waals surface area contributed by atoms with Crippen molar-refractivity contribution in [3.63, 3.8) is 0 Å². The number of benzene rings is 2. The first-order chi connectivity index (χ1) is 15.8. The van der Waals surface area contributed by atoms with Crippen molar-refractivity contribution >= 4 is 17.0 Å². The predicted octanol–water partition coefficient (Wildman–Crippen LogP) is 4.09. The lowest BCUT2D eigenvalue weighted by Gasteiger charge is -2.25. The number of nitrogen functional groups attached to an aromatic ring is 1. The van der Waals surface area contributed by atoms with E-state index in [9.17, 15) is 0 Å². The molecule has 0 saturated carbocycles. The highest BCUT2D eigenvalue weighted by Crippen LogP contribution is 2.37. The molecule has 0 aliphatic heterocycles. The van der Waals surface area contributed by atoms with Crippen molar-refractivity contribution in [2.24, 2.45) is 0 Å². The highest BCUT2D eigenvalue weighted by molar-refractivity contribution is 5.87. The van der Waals surface area contributed by atoms with E-state index in [0.29, 0.717) is 0 Å². The van der Waals surface area contributed by atoms with Gasteiger partial charge in [-0.15, -0.1) is 0 Å². The number of nitrogens with zero attached hydrogens (tertiary/aromatic N) is 7. The van der Waals surface area contributed by atoms with Crippen LogP contribution in [0.15, 0.2) is 61.4 Å². The fourth-order valence-electron chi connectivity index (χ4n) is 3.96. The molecule has 0 atom stereocenters. The molecule has 33 heavy (non-hydrogen) atoms. The molecule has 3 heterocycles. The van der Waals surface area contributed by atoms with Crippen molar-refractivity contribution < 1.29 is 4.74 Å². The third-order valence-corrected chi connectivity index (χ3v) is 5.44. The van der Waals surface area contributed by atoms with Gasteiger partial charge < -0.3 is 15.0 Å². The molecule has 5 rings (SSSR count). The van der Waals surface area contributed by atoms with Crippen molar-refractivity contribution in [1.29, 1.82) is 0 Å². The third-order valence-electron chi connectivity index (χ3n) is 5.44. The molecule has 0 unspecified atom stereocenters. The Morgan fingerprint density at radius 2 is 1.76 bits per heavy atom. The zero-order chi connectivity index (χ0) is 23.2. The Kier molecular flexibility index (Phi) is 4.81. The van der Waals surface area contributed by atoms with E-state index in [2.05, 4.69) is 57.5 Å². The zero-order valence-electron chi connectivity index (χ0n) is 18.9. The lowest BCUT2D eigenvalue weighted by Crippen LogP contribution is -2.23. The molecule has 0 aliphatic rings. The molecular formula is C24H24N8O. The fourth-order valence-corrected chi connectivity index (χ4v) is 3.96. The topological polar surface area (TPSA) is 110 Å². The molecule has 0 bridgehead atoms. The summed E-state index contributed by atoms with van der Waals surface area (Å²) >= 11 is 0. The summed E-state index contributed by atoms with van der Waals surface area (Å²) in [5.74, 6) is 1.80. The number of hydrogen-bond acceptors (Lipinski definition) is 7. The van der Waals surface area contributed by atoms with Gasteiger partial charge in [-0.25, -0.2) is 24.6 Å². The van der Waals surface area contributed by atoms with Crippen LogP contribution in [0.4, 0.5) is 5.95 Å². The molecule has 9 nitrogen and oxygen atoms in total. The van der Waals surface area contributed by atoms with Crippen LogP contribution in [0.2, 0.25) is 0 Å². The molecule has 0 aliphatic carbocycles. The summed E-state index contributed by atoms with van der Waals surface area (Å²) in [5, 5.41) is 4.34. The minimum Gasteiger partial charge on any atom is -0.497 e. The first-order valence-corrected chi connectivity index (χ1v) is 10.5. The standard InChI is InChI=1S/C24H24N8O/c1-24(2,3)32-21-7-5-15(16-11-27-23(25)28-12-16)9-19(21)30-22(32)18-10-17(33-4)6-8-20(18)31-14-26-13-29-31/h5-14H,1-4H3,(H2,25,27,28). The highest BCUT2D eigenvalue weighted by atomic mass is 16.5. The molecule has 166 valence electrons. The summed E-state index contributed by atoms with van der Waals surface area (Å²) in [7, 11) is 1.65. The molecule has 5 aromatic rings. The van der Waals surface area contributed by atoms with Gasteiger partial charge in [-0.1, -0.05) is 6.07 Å². The number of imidazole rings is 1. The summed E-state index contributed by atoms with van der Waals surface area (Å²) < 4.78 is 9.50. The van der Waals surface area contributed by atoms with Crippen LogP contribution in [-0.4, -0.2) is 41.4 Å². The van der Waals surface area contributed by atoms with Crippen molar-refractivity contribution in [3.05, 3.63) is 61.4 Å². The Balaban J connectivity index is 1.77. The molecule has 0 fully saturated rings. The second-order valence-corrected chi connectivity index (χ2v) is 8.70. The van der Waals surface area contributed by atoms with Gasteiger partial charge in [0.05, 0.1) is 23.8 Å². The van der Waals surface area contributed by atoms with Crippen LogP contribution in [0.5, 0.6) is 5.75 Å². The maximum absolute atomic E-state index is 5.65. The summed E-state index contributed by atoms with van der Waals surface area (Å²) in [4.78, 5) is 17.4. The van der Waals surface area contributed by atoms with Crippen LogP contribution in [-0.2, 0) is 5.54 Å². The Bertz CT molecular complexity index is 1430. The van der Waals surface area contributed by atoms with E-state index in [1.807, 2.05) is 24.3 Å². The van der Waals surface area contributed by atoms with E-state index in [-0.39, 0.29) is 11.5 Å². The van der Waals surface area contributed by atoms with E-state index in [0.717, 1.165) is 45.0 Å². The molecule has 9 heteroatoms. The maximum Gasteiger partial charge on any atom is 0.219 e. The second-order valence-electron chi connectivity index (χ2n) is 8.70. The molecule has 2 N–H and O–H groups in total. The largest absolute Gasteiger partial charge is 0.497 e. The van der Waals surface area contributed by atoms with Gasteiger partial charge >= 0.3 is 0 Å². The number of ether oxygens (including phenoxy) is 1. The quantitative estimate of drug-likeness (QED) is 0.448. The number of nitrogens with two attached hydrogens (primary N) is 1. The van der Waals surface area contributed by atoms with Gasteiger partial charge in [0.15, 0.2) is 0 Å². The summed E-state index contributed by atoms with van der Waals surface area (Å²) in [6, 6.07) is 12.0.